The molecule has 2 heterocycles. The van der Waals surface area contributed by atoms with Crippen molar-refractivity contribution in [3.8, 4) is 10.6 Å². The summed E-state index contributed by atoms with van der Waals surface area (Å²) in [6, 6.07) is 4.22. The zero-order valence-electron chi connectivity index (χ0n) is 11.4. The first-order chi connectivity index (χ1) is 9.31. The molecule has 0 saturated carbocycles. The van der Waals surface area contributed by atoms with Crippen molar-refractivity contribution < 1.29 is 4.74 Å². The van der Waals surface area contributed by atoms with Crippen LogP contribution in [0.4, 0.5) is 0 Å². The quantitative estimate of drug-likeness (QED) is 0.759. The topological polar surface area (TPSA) is 34.1 Å². The second-order valence-electron chi connectivity index (χ2n) is 4.34. The maximum atomic E-state index is 5.02. The molecule has 1 N–H and O–H groups in total. The number of methoxy groups -OCH3 is 1. The third-order valence-corrected chi connectivity index (χ3v) is 4.72. The van der Waals surface area contributed by atoms with Gasteiger partial charge < -0.3 is 10.1 Å². The van der Waals surface area contributed by atoms with Gasteiger partial charge in [0.25, 0.3) is 0 Å². The predicted molar refractivity (Wildman–Crippen MR) is 83.2 cm³/mol. The number of rotatable bonds is 8. The summed E-state index contributed by atoms with van der Waals surface area (Å²) >= 11 is 3.57. The Morgan fingerprint density at radius 3 is 3.00 bits per heavy atom. The molecule has 0 radical (unpaired) electrons. The molecule has 0 atom stereocenters. The van der Waals surface area contributed by atoms with Gasteiger partial charge in [0.05, 0.1) is 15.6 Å². The smallest absolute Gasteiger partial charge is 0.0948 e. The van der Waals surface area contributed by atoms with Crippen LogP contribution in [0.5, 0.6) is 0 Å². The Balaban J connectivity index is 1.80. The van der Waals surface area contributed by atoms with Gasteiger partial charge >= 0.3 is 0 Å². The largest absolute Gasteiger partial charge is 0.385 e. The summed E-state index contributed by atoms with van der Waals surface area (Å²) in [5, 5.41) is 6.75. The average Bonchev–Trinajstić information content (AvgIpc) is 3.03. The van der Waals surface area contributed by atoms with Crippen LogP contribution in [0.2, 0.25) is 0 Å². The first kappa shape index (κ1) is 14.7. The number of nitrogens with zero attached hydrogens (tertiary/aromatic N) is 1. The molecule has 104 valence electrons. The highest BCUT2D eigenvalue weighted by Gasteiger charge is 2.10. The van der Waals surface area contributed by atoms with Crippen molar-refractivity contribution in [1.29, 1.82) is 0 Å². The summed E-state index contributed by atoms with van der Waals surface area (Å²) in [6.07, 6.45) is 2.07. The van der Waals surface area contributed by atoms with Gasteiger partial charge in [0.1, 0.15) is 0 Å². The molecule has 3 nitrogen and oxygen atoms in total. The molecule has 5 heteroatoms. The van der Waals surface area contributed by atoms with Gasteiger partial charge in [-0.15, -0.1) is 22.7 Å². The SMILES string of the molecule is COCCCNCCc1nc(-c2cccs2)c(C)s1. The lowest BCUT2D eigenvalue weighted by Gasteiger charge is -2.02. The zero-order valence-corrected chi connectivity index (χ0v) is 13.1. The van der Waals surface area contributed by atoms with E-state index in [-0.39, 0.29) is 0 Å². The molecule has 0 fully saturated rings. The van der Waals surface area contributed by atoms with Gasteiger partial charge in [0.2, 0.25) is 0 Å². The maximum Gasteiger partial charge on any atom is 0.0948 e. The number of aromatic nitrogens is 1. The second kappa shape index (κ2) is 7.75. The van der Waals surface area contributed by atoms with Crippen molar-refractivity contribution in [1.82, 2.24) is 10.3 Å². The molecule has 0 amide bonds. The van der Waals surface area contributed by atoms with Crippen LogP contribution in [0.25, 0.3) is 10.6 Å². The van der Waals surface area contributed by atoms with Crippen molar-refractivity contribution in [3.63, 3.8) is 0 Å². The van der Waals surface area contributed by atoms with Crippen molar-refractivity contribution in [2.45, 2.75) is 19.8 Å². The van der Waals surface area contributed by atoms with E-state index in [1.165, 1.54) is 14.8 Å². The summed E-state index contributed by atoms with van der Waals surface area (Å²) in [5.41, 5.74) is 1.16. The Morgan fingerprint density at radius 2 is 2.26 bits per heavy atom. The number of ether oxygens (including phenoxy) is 1. The molecule has 0 aliphatic carbocycles. The number of thiophene rings is 1. The van der Waals surface area contributed by atoms with Gasteiger partial charge in [-0.2, -0.15) is 0 Å². The van der Waals surface area contributed by atoms with Gasteiger partial charge in [-0.3, -0.25) is 0 Å². The lowest BCUT2D eigenvalue weighted by atomic mass is 10.3. The molecule has 0 aromatic carbocycles. The predicted octanol–water partition coefficient (Wildman–Crippen LogP) is 3.35. The first-order valence-corrected chi connectivity index (χ1v) is 8.20. The Hall–Kier alpha value is -0.750. The highest BCUT2D eigenvalue weighted by atomic mass is 32.1. The van der Waals surface area contributed by atoms with Crippen LogP contribution in [0.3, 0.4) is 0 Å². The number of hydrogen-bond acceptors (Lipinski definition) is 5. The van der Waals surface area contributed by atoms with Gasteiger partial charge in [0.15, 0.2) is 0 Å². The zero-order chi connectivity index (χ0) is 13.5. The molecular formula is C14H20N2OS2. The minimum absolute atomic E-state index is 0.825. The van der Waals surface area contributed by atoms with Gasteiger partial charge in [-0.05, 0) is 31.3 Å². The number of nitrogens with one attached hydrogen (secondary N) is 1. The lowest BCUT2D eigenvalue weighted by Crippen LogP contribution is -2.19. The Kier molecular flexibility index (Phi) is 5.97. The Labute approximate surface area is 122 Å². The van der Waals surface area contributed by atoms with Crippen molar-refractivity contribution in [3.05, 3.63) is 27.4 Å². The molecule has 0 bridgehead atoms. The summed E-state index contributed by atoms with van der Waals surface area (Å²) in [6.45, 7) is 4.98. The van der Waals surface area contributed by atoms with Crippen LogP contribution in [0.1, 0.15) is 16.3 Å². The van der Waals surface area contributed by atoms with E-state index in [4.69, 9.17) is 9.72 Å². The van der Waals surface area contributed by atoms with Crippen LogP contribution < -0.4 is 5.32 Å². The number of thiazole rings is 1. The first-order valence-electron chi connectivity index (χ1n) is 6.51. The maximum absolute atomic E-state index is 5.02. The third kappa shape index (κ3) is 4.38. The van der Waals surface area contributed by atoms with Crippen LogP contribution in [0.15, 0.2) is 17.5 Å². The van der Waals surface area contributed by atoms with Crippen LogP contribution in [-0.4, -0.2) is 31.8 Å². The molecule has 0 aliphatic rings. The highest BCUT2D eigenvalue weighted by molar-refractivity contribution is 7.15. The van der Waals surface area contributed by atoms with Crippen molar-refractivity contribution in [2.75, 3.05) is 26.8 Å². The molecule has 19 heavy (non-hydrogen) atoms. The number of hydrogen-bond donors (Lipinski definition) is 1. The summed E-state index contributed by atoms with van der Waals surface area (Å²) in [5.74, 6) is 0. The third-order valence-electron chi connectivity index (χ3n) is 2.81. The van der Waals surface area contributed by atoms with E-state index in [2.05, 4.69) is 29.8 Å². The van der Waals surface area contributed by atoms with Crippen molar-refractivity contribution in [2.24, 2.45) is 0 Å². The minimum atomic E-state index is 0.825. The summed E-state index contributed by atoms with van der Waals surface area (Å²) in [7, 11) is 1.74. The van der Waals surface area contributed by atoms with E-state index in [9.17, 15) is 0 Å². The molecule has 0 unspecified atom stereocenters. The van der Waals surface area contributed by atoms with Crippen LogP contribution >= 0.6 is 22.7 Å². The van der Waals surface area contributed by atoms with Crippen LogP contribution in [-0.2, 0) is 11.2 Å². The summed E-state index contributed by atoms with van der Waals surface area (Å²) < 4.78 is 5.02. The van der Waals surface area contributed by atoms with Gasteiger partial charge in [-0.1, -0.05) is 6.07 Å². The fraction of sp³-hybridized carbons (Fsp3) is 0.500. The van der Waals surface area contributed by atoms with E-state index in [1.807, 2.05) is 11.3 Å². The van der Waals surface area contributed by atoms with E-state index >= 15 is 0 Å². The standard InChI is InChI=1S/C14H20N2OS2/c1-11-14(12-5-3-10-18-12)16-13(19-11)6-8-15-7-4-9-17-2/h3,5,10,15H,4,6-9H2,1-2H3. The molecule has 2 aromatic rings. The fourth-order valence-electron chi connectivity index (χ4n) is 1.86. The highest BCUT2D eigenvalue weighted by Crippen LogP contribution is 2.30. The lowest BCUT2D eigenvalue weighted by molar-refractivity contribution is 0.194. The monoisotopic (exact) mass is 296 g/mol. The average molecular weight is 296 g/mol. The molecule has 0 aliphatic heterocycles. The van der Waals surface area contributed by atoms with E-state index < -0.39 is 0 Å². The van der Waals surface area contributed by atoms with Gasteiger partial charge in [-0.25, -0.2) is 4.98 Å². The van der Waals surface area contributed by atoms with Crippen LogP contribution in [0, 0.1) is 6.92 Å². The van der Waals surface area contributed by atoms with E-state index in [1.54, 1.807) is 18.4 Å². The van der Waals surface area contributed by atoms with E-state index in [0.29, 0.717) is 0 Å². The Morgan fingerprint density at radius 1 is 1.37 bits per heavy atom. The second-order valence-corrected chi connectivity index (χ2v) is 6.57. The molecule has 0 spiro atoms. The molecule has 2 aromatic heterocycles. The molecule has 2 rings (SSSR count). The summed E-state index contributed by atoms with van der Waals surface area (Å²) in [4.78, 5) is 7.34. The minimum Gasteiger partial charge on any atom is -0.385 e. The van der Waals surface area contributed by atoms with Gasteiger partial charge in [0, 0.05) is 31.6 Å². The normalized spacial score (nSPS) is 11.1. The number of aryl methyl sites for hydroxylation is 1. The van der Waals surface area contributed by atoms with Crippen molar-refractivity contribution >= 4 is 22.7 Å². The van der Waals surface area contributed by atoms with E-state index in [0.717, 1.165) is 38.2 Å². The fourth-order valence-corrected chi connectivity index (χ4v) is 3.64. The Bertz CT molecular complexity index is 480. The molecular weight excluding hydrogens is 276 g/mol. The molecule has 0 saturated heterocycles.